The number of carbonyl (C=O) groups is 3. The van der Waals surface area contributed by atoms with Gasteiger partial charge in [0.25, 0.3) is 23.4 Å². The Morgan fingerprint density at radius 2 is 1.75 bits per heavy atom. The highest BCUT2D eigenvalue weighted by Gasteiger charge is 2.36. The van der Waals surface area contributed by atoms with Gasteiger partial charge in [-0.2, -0.15) is 5.10 Å². The molecule has 40 heavy (non-hydrogen) atoms. The Balaban J connectivity index is 1.14. The number of carbonyl (C=O) groups excluding carboxylic acids is 3. The van der Waals surface area contributed by atoms with Crippen LogP contribution in [-0.2, 0) is 0 Å². The van der Waals surface area contributed by atoms with Crippen molar-refractivity contribution in [3.05, 3.63) is 111 Å². The second kappa shape index (κ2) is 10.2. The molecule has 0 fully saturated rings. The normalized spacial score (nSPS) is 12.8. The minimum atomic E-state index is -0.722. The molecule has 6 rings (SSSR count). The highest BCUT2D eigenvalue weighted by molar-refractivity contribution is 8.01. The Morgan fingerprint density at radius 1 is 1.02 bits per heavy atom. The van der Waals surface area contributed by atoms with Crippen LogP contribution >= 0.6 is 23.1 Å². The molecule has 196 valence electrons. The summed E-state index contributed by atoms with van der Waals surface area (Å²) in [6, 6.07) is 20.9. The van der Waals surface area contributed by atoms with E-state index in [-0.39, 0.29) is 23.1 Å². The van der Waals surface area contributed by atoms with Gasteiger partial charge >= 0.3 is 0 Å². The molecule has 3 amide bonds. The first-order valence-corrected chi connectivity index (χ1v) is 13.3. The monoisotopic (exact) mass is 569 g/mol. The SMILES string of the molecule is O=C(N/N=C\c1ccc(Sc2nc3ccc(N4C(=O)c5ccccc5C4=O)cc3s2)o1)c1ccccc1[N+](=O)[O-]. The Bertz CT molecular complexity index is 1840. The van der Waals surface area contributed by atoms with Crippen molar-refractivity contribution >= 4 is 68.6 Å². The summed E-state index contributed by atoms with van der Waals surface area (Å²) >= 11 is 2.65. The molecule has 1 aliphatic rings. The van der Waals surface area contributed by atoms with Gasteiger partial charge < -0.3 is 4.42 Å². The lowest BCUT2D eigenvalue weighted by Gasteiger charge is -2.13. The quantitative estimate of drug-likeness (QED) is 0.117. The Hall–Kier alpha value is -5.14. The van der Waals surface area contributed by atoms with Crippen molar-refractivity contribution in [2.24, 2.45) is 5.10 Å². The number of nitrogens with one attached hydrogen (secondary N) is 1. The standard InChI is InChI=1S/C27H15N5O6S2/c33-24(19-7-3-4-8-21(19)32(36)37)30-28-14-16-10-12-23(38-16)40-27-29-20-11-9-15(13-22(20)39-27)31-25(34)17-5-1-2-6-18(17)26(31)35/h1-14H,(H,30,33)/b28-14-. The van der Waals surface area contributed by atoms with E-state index in [0.29, 0.717) is 37.5 Å². The number of para-hydroxylation sites is 1. The van der Waals surface area contributed by atoms with Crippen LogP contribution in [-0.4, -0.2) is 33.8 Å². The third-order valence-electron chi connectivity index (χ3n) is 5.90. The summed E-state index contributed by atoms with van der Waals surface area (Å²) < 4.78 is 7.20. The van der Waals surface area contributed by atoms with E-state index >= 15 is 0 Å². The summed E-state index contributed by atoms with van der Waals surface area (Å²) in [7, 11) is 0. The summed E-state index contributed by atoms with van der Waals surface area (Å²) in [5.74, 6) is -1.09. The molecule has 13 heteroatoms. The topological polar surface area (TPSA) is 148 Å². The number of nitro groups is 1. The second-order valence-electron chi connectivity index (χ2n) is 8.36. The number of benzene rings is 3. The van der Waals surface area contributed by atoms with Crippen LogP contribution in [0.2, 0.25) is 0 Å². The van der Waals surface area contributed by atoms with Crippen molar-refractivity contribution in [1.82, 2.24) is 10.4 Å². The van der Waals surface area contributed by atoms with Crippen LogP contribution in [0.1, 0.15) is 36.8 Å². The Kier molecular flexibility index (Phi) is 6.42. The molecule has 5 aromatic rings. The fourth-order valence-corrected chi connectivity index (χ4v) is 6.09. The van der Waals surface area contributed by atoms with Crippen LogP contribution in [0, 0.1) is 10.1 Å². The van der Waals surface area contributed by atoms with Crippen LogP contribution in [0.5, 0.6) is 0 Å². The van der Waals surface area contributed by atoms with Gasteiger partial charge in [0.1, 0.15) is 11.3 Å². The maximum Gasteiger partial charge on any atom is 0.282 e. The lowest BCUT2D eigenvalue weighted by atomic mass is 10.1. The average Bonchev–Trinajstić information content (AvgIpc) is 3.64. The third-order valence-corrected chi connectivity index (χ3v) is 7.90. The highest BCUT2D eigenvalue weighted by atomic mass is 32.2. The molecule has 0 saturated heterocycles. The molecular formula is C27H15N5O6S2. The maximum atomic E-state index is 12.8. The van der Waals surface area contributed by atoms with E-state index in [1.807, 2.05) is 0 Å². The number of hydrogen-bond acceptors (Lipinski definition) is 10. The summed E-state index contributed by atoms with van der Waals surface area (Å²) in [6.07, 6.45) is 1.28. The molecule has 1 N–H and O–H groups in total. The second-order valence-corrected chi connectivity index (χ2v) is 10.6. The molecule has 0 spiro atoms. The predicted octanol–water partition coefficient (Wildman–Crippen LogP) is 5.51. The van der Waals surface area contributed by atoms with Gasteiger partial charge in [-0.3, -0.25) is 24.5 Å². The molecule has 0 atom stereocenters. The van der Waals surface area contributed by atoms with Crippen LogP contribution in [0.3, 0.4) is 0 Å². The Labute approximate surface area is 233 Å². The molecular weight excluding hydrogens is 554 g/mol. The van der Waals surface area contributed by atoms with Crippen LogP contribution < -0.4 is 10.3 Å². The smallest absolute Gasteiger partial charge is 0.282 e. The van der Waals surface area contributed by atoms with E-state index in [1.165, 1.54) is 58.5 Å². The van der Waals surface area contributed by atoms with E-state index in [2.05, 4.69) is 15.5 Å². The number of amides is 3. The largest absolute Gasteiger partial charge is 0.448 e. The van der Waals surface area contributed by atoms with E-state index < -0.39 is 10.8 Å². The highest BCUT2D eigenvalue weighted by Crippen LogP contribution is 2.37. The van der Waals surface area contributed by atoms with Gasteiger partial charge in [0, 0.05) is 6.07 Å². The zero-order valence-electron chi connectivity index (χ0n) is 20.1. The lowest BCUT2D eigenvalue weighted by Crippen LogP contribution is -2.29. The summed E-state index contributed by atoms with van der Waals surface area (Å²) in [5.41, 5.74) is 3.77. The van der Waals surface area contributed by atoms with E-state index in [1.54, 1.807) is 54.6 Å². The van der Waals surface area contributed by atoms with Crippen molar-refractivity contribution in [2.45, 2.75) is 9.43 Å². The first-order chi connectivity index (χ1) is 19.4. The third kappa shape index (κ3) is 4.63. The zero-order chi connectivity index (χ0) is 27.8. The van der Waals surface area contributed by atoms with Crippen LogP contribution in [0.25, 0.3) is 10.2 Å². The molecule has 2 aromatic heterocycles. The number of fused-ring (bicyclic) bond motifs is 2. The van der Waals surface area contributed by atoms with E-state index in [4.69, 9.17) is 4.42 Å². The van der Waals surface area contributed by atoms with Crippen molar-refractivity contribution in [2.75, 3.05) is 4.90 Å². The number of aromatic nitrogens is 1. The molecule has 0 saturated carbocycles. The molecule has 1 aliphatic heterocycles. The van der Waals surface area contributed by atoms with E-state index in [9.17, 15) is 24.5 Å². The van der Waals surface area contributed by atoms with Crippen molar-refractivity contribution < 1.29 is 23.7 Å². The number of anilines is 1. The van der Waals surface area contributed by atoms with Gasteiger partial charge in [-0.05, 0) is 60.3 Å². The number of nitro benzene ring substituents is 1. The van der Waals surface area contributed by atoms with Gasteiger partial charge in [0.15, 0.2) is 9.43 Å². The molecule has 0 aliphatic carbocycles. The number of hydrogen-bond donors (Lipinski definition) is 1. The summed E-state index contributed by atoms with van der Waals surface area (Å²) in [6.45, 7) is 0. The zero-order valence-corrected chi connectivity index (χ0v) is 21.8. The number of thiazole rings is 1. The first-order valence-electron chi connectivity index (χ1n) is 11.6. The van der Waals surface area contributed by atoms with Gasteiger partial charge in [0.05, 0.1) is 38.2 Å². The predicted molar refractivity (Wildman–Crippen MR) is 148 cm³/mol. The number of hydrazone groups is 1. The summed E-state index contributed by atoms with van der Waals surface area (Å²) in [4.78, 5) is 54.2. The van der Waals surface area contributed by atoms with Gasteiger partial charge in [-0.15, -0.1) is 11.3 Å². The van der Waals surface area contributed by atoms with Gasteiger partial charge in [0.2, 0.25) is 0 Å². The van der Waals surface area contributed by atoms with Crippen LogP contribution in [0.15, 0.2) is 97.8 Å². The first kappa shape index (κ1) is 25.2. The average molecular weight is 570 g/mol. The summed E-state index contributed by atoms with van der Waals surface area (Å²) in [5, 5.41) is 15.5. The molecule has 0 unspecified atom stereocenters. The van der Waals surface area contributed by atoms with E-state index in [0.717, 1.165) is 4.70 Å². The van der Waals surface area contributed by atoms with Crippen molar-refractivity contribution in [3.63, 3.8) is 0 Å². The molecule has 3 aromatic carbocycles. The van der Waals surface area contributed by atoms with Crippen molar-refractivity contribution in [3.8, 4) is 0 Å². The number of furan rings is 1. The fraction of sp³-hybridized carbons (Fsp3) is 0. The Morgan fingerprint density at radius 3 is 2.50 bits per heavy atom. The maximum absolute atomic E-state index is 12.8. The molecule has 3 heterocycles. The van der Waals surface area contributed by atoms with Gasteiger partial charge in [-0.1, -0.05) is 24.3 Å². The van der Waals surface area contributed by atoms with Crippen LogP contribution in [0.4, 0.5) is 11.4 Å². The minimum absolute atomic E-state index is 0.109. The molecule has 11 nitrogen and oxygen atoms in total. The van der Waals surface area contributed by atoms with Crippen molar-refractivity contribution in [1.29, 1.82) is 0 Å². The van der Waals surface area contributed by atoms with Gasteiger partial charge in [-0.25, -0.2) is 15.3 Å². The minimum Gasteiger partial charge on any atom is -0.448 e. The number of nitrogens with zero attached hydrogens (tertiary/aromatic N) is 4. The fourth-order valence-electron chi connectivity index (χ4n) is 4.08. The lowest BCUT2D eigenvalue weighted by molar-refractivity contribution is -0.385. The molecule has 0 bridgehead atoms. The molecule has 0 radical (unpaired) electrons. The number of imide groups is 1. The number of rotatable bonds is 7.